The molecule has 0 amide bonds. The van der Waals surface area contributed by atoms with Gasteiger partial charge in [0.05, 0.1) is 18.4 Å². The van der Waals surface area contributed by atoms with Crippen molar-refractivity contribution < 1.29 is 9.47 Å². The summed E-state index contributed by atoms with van der Waals surface area (Å²) in [6.45, 7) is 8.21. The molecule has 0 saturated carbocycles. The Morgan fingerprint density at radius 3 is 2.84 bits per heavy atom. The molecule has 2 rings (SSSR count). The predicted molar refractivity (Wildman–Crippen MR) is 100.0 cm³/mol. The van der Waals surface area contributed by atoms with Crippen LogP contribution >= 0.6 is 0 Å². The molecule has 1 fully saturated rings. The van der Waals surface area contributed by atoms with Crippen LogP contribution in [0.1, 0.15) is 43.6 Å². The highest BCUT2D eigenvalue weighted by Crippen LogP contribution is 2.15. The summed E-state index contributed by atoms with van der Waals surface area (Å²) >= 11 is 0. The molecule has 2 N–H and O–H groups in total. The average molecular weight is 351 g/mol. The topological polar surface area (TPSA) is 72.7 Å². The van der Waals surface area contributed by atoms with Gasteiger partial charge in [0.25, 0.3) is 0 Å². The van der Waals surface area contributed by atoms with Crippen LogP contribution in [0.3, 0.4) is 0 Å². The summed E-state index contributed by atoms with van der Waals surface area (Å²) in [4.78, 5) is 4.30. The maximum absolute atomic E-state index is 5.77. The van der Waals surface area contributed by atoms with Gasteiger partial charge < -0.3 is 20.1 Å². The molecule has 1 aromatic rings. The van der Waals surface area contributed by atoms with Crippen molar-refractivity contribution in [3.8, 4) is 0 Å². The van der Waals surface area contributed by atoms with Crippen LogP contribution in [0.4, 0.5) is 0 Å². The minimum Gasteiger partial charge on any atom is -0.379 e. The Hall–Kier alpha value is -1.60. The van der Waals surface area contributed by atoms with Crippen LogP contribution in [0.2, 0.25) is 0 Å². The fraction of sp³-hybridized carbons (Fsp3) is 0.778. The number of ether oxygens (including phenoxy) is 2. The molecule has 1 aromatic heterocycles. The SMILES string of the molecule is CCc1nn(C)c(CC)c1CNC(=NC)NCCCOC1CCOC1. The lowest BCUT2D eigenvalue weighted by Gasteiger charge is -2.14. The monoisotopic (exact) mass is 351 g/mol. The number of nitrogens with zero attached hydrogens (tertiary/aromatic N) is 3. The average Bonchev–Trinajstić information content (AvgIpc) is 3.24. The van der Waals surface area contributed by atoms with Gasteiger partial charge in [0, 0.05) is 51.7 Å². The van der Waals surface area contributed by atoms with Gasteiger partial charge in [0.1, 0.15) is 0 Å². The smallest absolute Gasteiger partial charge is 0.191 e. The molecule has 2 heterocycles. The quantitative estimate of drug-likeness (QED) is 0.400. The van der Waals surface area contributed by atoms with Crippen LogP contribution in [0.15, 0.2) is 4.99 Å². The first-order valence-corrected chi connectivity index (χ1v) is 9.37. The Labute approximate surface area is 151 Å². The zero-order chi connectivity index (χ0) is 18.1. The van der Waals surface area contributed by atoms with Crippen molar-refractivity contribution in [1.29, 1.82) is 0 Å². The number of aryl methyl sites for hydroxylation is 2. The van der Waals surface area contributed by atoms with Gasteiger partial charge in [-0.05, 0) is 25.7 Å². The maximum Gasteiger partial charge on any atom is 0.191 e. The third-order valence-electron chi connectivity index (χ3n) is 4.54. The van der Waals surface area contributed by atoms with Gasteiger partial charge in [0.15, 0.2) is 5.96 Å². The molecule has 0 bridgehead atoms. The number of hydrogen-bond acceptors (Lipinski definition) is 4. The lowest BCUT2D eigenvalue weighted by atomic mass is 10.1. The van der Waals surface area contributed by atoms with E-state index in [4.69, 9.17) is 9.47 Å². The van der Waals surface area contributed by atoms with E-state index in [9.17, 15) is 0 Å². The molecule has 0 aromatic carbocycles. The number of nitrogens with one attached hydrogen (secondary N) is 2. The third kappa shape index (κ3) is 5.71. The van der Waals surface area contributed by atoms with Gasteiger partial charge in [-0.25, -0.2) is 0 Å². The highest BCUT2D eigenvalue weighted by molar-refractivity contribution is 5.79. The van der Waals surface area contributed by atoms with Crippen LogP contribution in [-0.4, -0.2) is 55.3 Å². The first kappa shape index (κ1) is 19.7. The Kier molecular flexibility index (Phi) is 8.21. The molecular weight excluding hydrogens is 318 g/mol. The fourth-order valence-corrected chi connectivity index (χ4v) is 3.16. The van der Waals surface area contributed by atoms with Gasteiger partial charge in [-0.15, -0.1) is 0 Å². The summed E-state index contributed by atoms with van der Waals surface area (Å²) < 4.78 is 13.1. The van der Waals surface area contributed by atoms with Crippen molar-refractivity contribution in [2.45, 2.75) is 52.2 Å². The summed E-state index contributed by atoms with van der Waals surface area (Å²) in [5, 5.41) is 11.4. The molecule has 25 heavy (non-hydrogen) atoms. The minimum atomic E-state index is 0.281. The second-order valence-electron chi connectivity index (χ2n) is 6.27. The Bertz CT molecular complexity index is 550. The van der Waals surface area contributed by atoms with E-state index >= 15 is 0 Å². The van der Waals surface area contributed by atoms with Crippen molar-refractivity contribution in [3.63, 3.8) is 0 Å². The van der Waals surface area contributed by atoms with Crippen LogP contribution in [0, 0.1) is 0 Å². The van der Waals surface area contributed by atoms with Gasteiger partial charge in [-0.2, -0.15) is 5.10 Å². The lowest BCUT2D eigenvalue weighted by molar-refractivity contribution is 0.0420. The summed E-state index contributed by atoms with van der Waals surface area (Å²) in [6.07, 6.45) is 4.17. The van der Waals surface area contributed by atoms with E-state index in [0.717, 1.165) is 70.2 Å². The Morgan fingerprint density at radius 1 is 1.36 bits per heavy atom. The zero-order valence-electron chi connectivity index (χ0n) is 16.1. The third-order valence-corrected chi connectivity index (χ3v) is 4.54. The maximum atomic E-state index is 5.77. The zero-order valence-corrected chi connectivity index (χ0v) is 16.1. The molecule has 0 spiro atoms. The fourth-order valence-electron chi connectivity index (χ4n) is 3.16. The van der Waals surface area contributed by atoms with E-state index < -0.39 is 0 Å². The molecule has 1 atom stereocenters. The highest BCUT2D eigenvalue weighted by Gasteiger charge is 2.15. The van der Waals surface area contributed by atoms with Crippen molar-refractivity contribution in [2.24, 2.45) is 12.0 Å². The minimum absolute atomic E-state index is 0.281. The van der Waals surface area contributed by atoms with Gasteiger partial charge in [-0.3, -0.25) is 9.67 Å². The second kappa shape index (κ2) is 10.4. The molecule has 0 radical (unpaired) electrons. The summed E-state index contributed by atoms with van der Waals surface area (Å²) in [5.74, 6) is 0.817. The molecule has 7 nitrogen and oxygen atoms in total. The van der Waals surface area contributed by atoms with E-state index in [1.165, 1.54) is 11.3 Å². The summed E-state index contributed by atoms with van der Waals surface area (Å²) in [6, 6.07) is 0. The van der Waals surface area contributed by atoms with Gasteiger partial charge in [0.2, 0.25) is 0 Å². The summed E-state index contributed by atoms with van der Waals surface area (Å²) in [7, 11) is 3.82. The van der Waals surface area contributed by atoms with Gasteiger partial charge >= 0.3 is 0 Å². The van der Waals surface area contributed by atoms with Crippen molar-refractivity contribution in [2.75, 3.05) is 33.4 Å². The highest BCUT2D eigenvalue weighted by atomic mass is 16.5. The molecule has 1 aliphatic rings. The standard InChI is InChI=1S/C18H33N5O2/c1-5-16-15(17(6-2)23(4)22-16)12-21-18(19-3)20-9-7-10-25-14-8-11-24-13-14/h14H,5-13H2,1-4H3,(H2,19,20,21). The first-order valence-electron chi connectivity index (χ1n) is 9.37. The van der Waals surface area contributed by atoms with E-state index in [2.05, 4.69) is 34.6 Å². The number of guanidine groups is 1. The van der Waals surface area contributed by atoms with E-state index in [1.54, 1.807) is 7.05 Å². The molecule has 0 aliphatic carbocycles. The number of aliphatic imine (C=N–C) groups is 1. The van der Waals surface area contributed by atoms with E-state index in [-0.39, 0.29) is 6.10 Å². The predicted octanol–water partition coefficient (Wildman–Crippen LogP) is 1.41. The van der Waals surface area contributed by atoms with E-state index in [0.29, 0.717) is 0 Å². The Balaban J connectivity index is 1.73. The number of rotatable bonds is 9. The lowest BCUT2D eigenvalue weighted by Crippen LogP contribution is -2.38. The summed E-state index contributed by atoms with van der Waals surface area (Å²) in [5.41, 5.74) is 3.74. The van der Waals surface area contributed by atoms with Crippen LogP contribution in [0.5, 0.6) is 0 Å². The molecule has 7 heteroatoms. The van der Waals surface area contributed by atoms with Crippen LogP contribution in [-0.2, 0) is 35.9 Å². The van der Waals surface area contributed by atoms with Crippen LogP contribution < -0.4 is 10.6 Å². The first-order chi connectivity index (χ1) is 12.2. The van der Waals surface area contributed by atoms with Crippen LogP contribution in [0.25, 0.3) is 0 Å². The second-order valence-corrected chi connectivity index (χ2v) is 6.27. The number of aromatic nitrogens is 2. The molecule has 1 saturated heterocycles. The van der Waals surface area contributed by atoms with Gasteiger partial charge in [-0.1, -0.05) is 13.8 Å². The van der Waals surface area contributed by atoms with Crippen molar-refractivity contribution in [3.05, 3.63) is 17.0 Å². The number of hydrogen-bond donors (Lipinski definition) is 2. The largest absolute Gasteiger partial charge is 0.379 e. The Morgan fingerprint density at radius 2 is 2.20 bits per heavy atom. The molecular formula is C18H33N5O2. The normalized spacial score (nSPS) is 17.9. The molecule has 1 unspecified atom stereocenters. The van der Waals surface area contributed by atoms with E-state index in [1.807, 2.05) is 11.7 Å². The molecule has 1 aliphatic heterocycles. The van der Waals surface area contributed by atoms with Crippen molar-refractivity contribution in [1.82, 2.24) is 20.4 Å². The van der Waals surface area contributed by atoms with Crippen molar-refractivity contribution >= 4 is 5.96 Å². The molecule has 142 valence electrons.